The van der Waals surface area contributed by atoms with Crippen LogP contribution in [0.3, 0.4) is 0 Å². The molecule has 15 heavy (non-hydrogen) atoms. The lowest BCUT2D eigenvalue weighted by atomic mass is 9.93. The Kier molecular flexibility index (Phi) is 2.55. The third-order valence-electron chi connectivity index (χ3n) is 3.04. The van der Waals surface area contributed by atoms with Crippen molar-refractivity contribution in [2.45, 2.75) is 20.3 Å². The molecule has 2 rings (SSSR count). The average molecular weight is 205 g/mol. The Morgan fingerprint density at radius 1 is 1.47 bits per heavy atom. The van der Waals surface area contributed by atoms with Crippen LogP contribution in [0.15, 0.2) is 18.3 Å². The van der Waals surface area contributed by atoms with E-state index in [9.17, 15) is 0 Å². The van der Waals surface area contributed by atoms with E-state index >= 15 is 0 Å². The van der Waals surface area contributed by atoms with E-state index in [-0.39, 0.29) is 0 Å². The van der Waals surface area contributed by atoms with Gasteiger partial charge >= 0.3 is 0 Å². The molecular formula is C12H19N3. The second-order valence-corrected chi connectivity index (χ2v) is 4.99. The molecule has 1 aliphatic heterocycles. The van der Waals surface area contributed by atoms with E-state index in [1.807, 2.05) is 13.2 Å². The number of aromatic nitrogens is 1. The van der Waals surface area contributed by atoms with Crippen molar-refractivity contribution in [3.63, 3.8) is 0 Å². The van der Waals surface area contributed by atoms with Gasteiger partial charge in [-0.3, -0.25) is 0 Å². The van der Waals surface area contributed by atoms with Crippen LogP contribution in [0.4, 0.5) is 11.5 Å². The minimum absolute atomic E-state index is 0.447. The summed E-state index contributed by atoms with van der Waals surface area (Å²) in [6.45, 7) is 6.95. The van der Waals surface area contributed by atoms with E-state index in [1.165, 1.54) is 12.1 Å². The van der Waals surface area contributed by atoms with E-state index in [0.29, 0.717) is 5.41 Å². The van der Waals surface area contributed by atoms with E-state index in [1.54, 1.807) is 0 Å². The number of nitrogens with one attached hydrogen (secondary N) is 1. The molecule has 2 heterocycles. The lowest BCUT2D eigenvalue weighted by molar-refractivity contribution is 0.418. The molecule has 82 valence electrons. The fourth-order valence-electron chi connectivity index (χ4n) is 2.09. The summed E-state index contributed by atoms with van der Waals surface area (Å²) in [6, 6.07) is 4.20. The molecule has 0 aromatic carbocycles. The Bertz CT molecular complexity index is 346. The van der Waals surface area contributed by atoms with Gasteiger partial charge < -0.3 is 10.2 Å². The molecule has 0 atom stereocenters. The van der Waals surface area contributed by atoms with Gasteiger partial charge in [0.2, 0.25) is 0 Å². The Morgan fingerprint density at radius 2 is 2.27 bits per heavy atom. The maximum atomic E-state index is 4.23. The van der Waals surface area contributed by atoms with Gasteiger partial charge in [0.15, 0.2) is 0 Å². The molecule has 1 fully saturated rings. The van der Waals surface area contributed by atoms with Crippen molar-refractivity contribution in [2.24, 2.45) is 5.41 Å². The monoisotopic (exact) mass is 205 g/mol. The predicted molar refractivity (Wildman–Crippen MR) is 64.4 cm³/mol. The lowest BCUT2D eigenvalue weighted by Gasteiger charge is -2.21. The summed E-state index contributed by atoms with van der Waals surface area (Å²) in [7, 11) is 1.90. The molecule has 3 heteroatoms. The minimum atomic E-state index is 0.447. The number of hydrogen-bond acceptors (Lipinski definition) is 3. The normalized spacial score (nSPS) is 19.3. The van der Waals surface area contributed by atoms with Crippen molar-refractivity contribution in [3.8, 4) is 0 Å². The summed E-state index contributed by atoms with van der Waals surface area (Å²) < 4.78 is 0. The SMILES string of the molecule is CNc1cc(N2CCC(C)(C)C2)ccn1. The third-order valence-corrected chi connectivity index (χ3v) is 3.04. The zero-order valence-electron chi connectivity index (χ0n) is 9.75. The molecule has 1 aromatic heterocycles. The van der Waals surface area contributed by atoms with Crippen molar-refractivity contribution in [1.29, 1.82) is 0 Å². The number of pyridine rings is 1. The van der Waals surface area contributed by atoms with Crippen molar-refractivity contribution in [2.75, 3.05) is 30.4 Å². The lowest BCUT2D eigenvalue weighted by Crippen LogP contribution is -2.22. The van der Waals surface area contributed by atoms with Gasteiger partial charge in [-0.1, -0.05) is 13.8 Å². The highest BCUT2D eigenvalue weighted by Gasteiger charge is 2.29. The summed E-state index contributed by atoms with van der Waals surface area (Å²) in [6.07, 6.45) is 3.14. The highest BCUT2D eigenvalue weighted by Crippen LogP contribution is 2.32. The first kappa shape index (κ1) is 10.3. The van der Waals surface area contributed by atoms with Gasteiger partial charge in [0, 0.05) is 38.1 Å². The predicted octanol–water partition coefficient (Wildman–Crippen LogP) is 2.36. The zero-order valence-corrected chi connectivity index (χ0v) is 9.75. The van der Waals surface area contributed by atoms with Crippen LogP contribution in [0.2, 0.25) is 0 Å². The van der Waals surface area contributed by atoms with Gasteiger partial charge in [0.25, 0.3) is 0 Å². The molecule has 0 bridgehead atoms. The van der Waals surface area contributed by atoms with Crippen LogP contribution in [-0.4, -0.2) is 25.1 Å². The van der Waals surface area contributed by atoms with Crippen molar-refractivity contribution in [1.82, 2.24) is 4.98 Å². The van der Waals surface area contributed by atoms with Crippen molar-refractivity contribution < 1.29 is 0 Å². The first-order chi connectivity index (χ1) is 7.11. The molecule has 0 spiro atoms. The van der Waals surface area contributed by atoms with Crippen molar-refractivity contribution in [3.05, 3.63) is 18.3 Å². The fraction of sp³-hybridized carbons (Fsp3) is 0.583. The van der Waals surface area contributed by atoms with Crippen LogP contribution >= 0.6 is 0 Å². The second-order valence-electron chi connectivity index (χ2n) is 4.99. The van der Waals surface area contributed by atoms with Crippen molar-refractivity contribution >= 4 is 11.5 Å². The maximum absolute atomic E-state index is 4.23. The molecule has 0 radical (unpaired) electrons. The minimum Gasteiger partial charge on any atom is -0.373 e. The first-order valence-electron chi connectivity index (χ1n) is 5.49. The smallest absolute Gasteiger partial charge is 0.127 e. The largest absolute Gasteiger partial charge is 0.373 e. The highest BCUT2D eigenvalue weighted by molar-refractivity contribution is 5.54. The molecule has 0 amide bonds. The summed E-state index contributed by atoms with van der Waals surface area (Å²) in [5.41, 5.74) is 1.73. The summed E-state index contributed by atoms with van der Waals surface area (Å²) in [4.78, 5) is 6.66. The average Bonchev–Trinajstić information content (AvgIpc) is 2.59. The van der Waals surface area contributed by atoms with Gasteiger partial charge in [0.05, 0.1) is 0 Å². The third kappa shape index (κ3) is 2.22. The number of hydrogen-bond donors (Lipinski definition) is 1. The topological polar surface area (TPSA) is 28.2 Å². The van der Waals surface area contributed by atoms with Crippen LogP contribution in [0, 0.1) is 5.41 Å². The molecule has 1 saturated heterocycles. The van der Waals surface area contributed by atoms with E-state index in [0.717, 1.165) is 18.9 Å². The van der Waals surface area contributed by atoms with Crippen LogP contribution < -0.4 is 10.2 Å². The number of anilines is 2. The first-order valence-corrected chi connectivity index (χ1v) is 5.49. The summed E-state index contributed by atoms with van der Waals surface area (Å²) in [5.74, 6) is 0.942. The Labute approximate surface area is 91.5 Å². The van der Waals surface area contributed by atoms with E-state index in [4.69, 9.17) is 0 Å². The van der Waals surface area contributed by atoms with Crippen LogP contribution in [0.5, 0.6) is 0 Å². The zero-order chi connectivity index (χ0) is 10.9. The second kappa shape index (κ2) is 3.72. The molecule has 0 unspecified atom stereocenters. The quantitative estimate of drug-likeness (QED) is 0.803. The van der Waals surface area contributed by atoms with E-state index in [2.05, 4.69) is 41.2 Å². The van der Waals surface area contributed by atoms with Crippen LogP contribution in [-0.2, 0) is 0 Å². The standard InChI is InChI=1S/C12H19N3/c1-12(2)5-7-15(9-12)10-4-6-14-11(8-10)13-3/h4,6,8H,5,7,9H2,1-3H3,(H,13,14). The fourth-order valence-corrected chi connectivity index (χ4v) is 2.09. The number of nitrogens with zero attached hydrogens (tertiary/aromatic N) is 2. The molecule has 0 aliphatic carbocycles. The Hall–Kier alpha value is -1.25. The van der Waals surface area contributed by atoms with Crippen LogP contribution in [0.25, 0.3) is 0 Å². The van der Waals surface area contributed by atoms with Gasteiger partial charge in [-0.25, -0.2) is 4.98 Å². The van der Waals surface area contributed by atoms with Crippen LogP contribution in [0.1, 0.15) is 20.3 Å². The molecule has 1 N–H and O–H groups in total. The number of rotatable bonds is 2. The van der Waals surface area contributed by atoms with Gasteiger partial charge in [-0.15, -0.1) is 0 Å². The summed E-state index contributed by atoms with van der Waals surface area (Å²) >= 11 is 0. The Balaban J connectivity index is 2.16. The van der Waals surface area contributed by atoms with Gasteiger partial charge in [-0.05, 0) is 17.9 Å². The maximum Gasteiger partial charge on any atom is 0.127 e. The van der Waals surface area contributed by atoms with Gasteiger partial charge in [-0.2, -0.15) is 0 Å². The van der Waals surface area contributed by atoms with Gasteiger partial charge in [0.1, 0.15) is 5.82 Å². The van der Waals surface area contributed by atoms with E-state index < -0.39 is 0 Å². The Morgan fingerprint density at radius 3 is 2.87 bits per heavy atom. The molecule has 3 nitrogen and oxygen atoms in total. The summed E-state index contributed by atoms with van der Waals surface area (Å²) in [5, 5.41) is 3.07. The highest BCUT2D eigenvalue weighted by atomic mass is 15.2. The molecule has 1 aliphatic rings. The molecule has 1 aromatic rings. The molecule has 0 saturated carbocycles. The molecular weight excluding hydrogens is 186 g/mol.